The summed E-state index contributed by atoms with van der Waals surface area (Å²) in [6, 6.07) is 10.2. The Kier molecular flexibility index (Phi) is 10.8. The number of alkyl halides is 3. The quantitative estimate of drug-likeness (QED) is 0.247. The lowest BCUT2D eigenvalue weighted by atomic mass is 10.1. The van der Waals surface area contributed by atoms with Crippen molar-refractivity contribution < 1.29 is 27.4 Å². The van der Waals surface area contributed by atoms with Gasteiger partial charge in [0.1, 0.15) is 17.6 Å². The molecule has 1 unspecified atom stereocenters. The maximum Gasteiger partial charge on any atom is 0.416 e. The predicted molar refractivity (Wildman–Crippen MR) is 147 cm³/mol. The van der Waals surface area contributed by atoms with Gasteiger partial charge in [-0.15, -0.1) is 4.91 Å². The summed E-state index contributed by atoms with van der Waals surface area (Å²) >= 11 is 1.39. The second kappa shape index (κ2) is 13.1. The first-order valence-corrected chi connectivity index (χ1v) is 13.1. The van der Waals surface area contributed by atoms with Crippen LogP contribution in [0, 0.1) is 11.8 Å². The van der Waals surface area contributed by atoms with Gasteiger partial charge in [-0.1, -0.05) is 49.4 Å². The zero-order chi connectivity index (χ0) is 28.7. The molecule has 0 aliphatic heterocycles. The van der Waals surface area contributed by atoms with Crippen molar-refractivity contribution in [1.82, 2.24) is 0 Å². The van der Waals surface area contributed by atoms with Gasteiger partial charge in [0, 0.05) is 15.0 Å². The minimum atomic E-state index is -4.40. The SMILES string of the molecule is C=C(SC(=C(C)C)C(CCCC)Oc1ccc(OC(C)(C)C(=O)N=O)c(C)c1)c1ccc(C(F)(F)F)cc1. The van der Waals surface area contributed by atoms with Crippen LogP contribution in [-0.2, 0) is 11.0 Å². The van der Waals surface area contributed by atoms with Gasteiger partial charge < -0.3 is 9.47 Å². The zero-order valence-corrected chi connectivity index (χ0v) is 23.4. The number of allylic oxidation sites excluding steroid dienone is 1. The van der Waals surface area contributed by atoms with Gasteiger partial charge in [-0.25, -0.2) is 0 Å². The monoisotopic (exact) mass is 549 g/mol. The lowest BCUT2D eigenvalue weighted by Gasteiger charge is -2.25. The van der Waals surface area contributed by atoms with Crippen LogP contribution < -0.4 is 9.47 Å². The molecule has 0 aliphatic carbocycles. The number of aryl methyl sites for hydroxylation is 1. The van der Waals surface area contributed by atoms with Crippen molar-refractivity contribution in [2.75, 3.05) is 0 Å². The van der Waals surface area contributed by atoms with E-state index >= 15 is 0 Å². The third-order valence-electron chi connectivity index (χ3n) is 5.76. The second-order valence-electron chi connectivity index (χ2n) is 9.65. The highest BCUT2D eigenvalue weighted by atomic mass is 32.2. The highest BCUT2D eigenvalue weighted by Gasteiger charge is 2.32. The van der Waals surface area contributed by atoms with E-state index in [-0.39, 0.29) is 6.10 Å². The Morgan fingerprint density at radius 3 is 2.24 bits per heavy atom. The normalized spacial score (nSPS) is 12.4. The van der Waals surface area contributed by atoms with Crippen LogP contribution in [0.2, 0.25) is 0 Å². The summed E-state index contributed by atoms with van der Waals surface area (Å²) in [5.41, 5.74) is 0.230. The van der Waals surface area contributed by atoms with Crippen molar-refractivity contribution in [3.8, 4) is 11.5 Å². The first kappa shape index (κ1) is 31.1. The van der Waals surface area contributed by atoms with Crippen molar-refractivity contribution in [1.29, 1.82) is 0 Å². The van der Waals surface area contributed by atoms with E-state index in [1.807, 2.05) is 13.8 Å². The van der Waals surface area contributed by atoms with E-state index < -0.39 is 23.2 Å². The number of hydrogen-bond donors (Lipinski definition) is 0. The van der Waals surface area contributed by atoms with Crippen molar-refractivity contribution in [2.45, 2.75) is 78.7 Å². The molecule has 206 valence electrons. The summed E-state index contributed by atoms with van der Waals surface area (Å²) in [6.45, 7) is 14.9. The third-order valence-corrected chi connectivity index (χ3v) is 7.13. The first-order chi connectivity index (χ1) is 17.7. The highest BCUT2D eigenvalue weighted by molar-refractivity contribution is 8.11. The van der Waals surface area contributed by atoms with Crippen LogP contribution in [0.25, 0.3) is 4.91 Å². The molecule has 0 aromatic heterocycles. The van der Waals surface area contributed by atoms with E-state index in [0.29, 0.717) is 27.5 Å². The molecule has 2 rings (SSSR count). The topological polar surface area (TPSA) is 65.0 Å². The van der Waals surface area contributed by atoms with Gasteiger partial charge in [0.15, 0.2) is 5.60 Å². The number of nitrogens with zero attached hydrogens (tertiary/aromatic N) is 1. The number of halogens is 3. The number of hydrogen-bond acceptors (Lipinski definition) is 5. The summed E-state index contributed by atoms with van der Waals surface area (Å²) in [6.07, 6.45) is -2.11. The lowest BCUT2D eigenvalue weighted by molar-refractivity contribution is -0.137. The van der Waals surface area contributed by atoms with E-state index in [0.717, 1.165) is 41.9 Å². The third kappa shape index (κ3) is 8.48. The van der Waals surface area contributed by atoms with Crippen LogP contribution in [0.1, 0.15) is 70.6 Å². The molecule has 1 atom stereocenters. The van der Waals surface area contributed by atoms with E-state index in [1.165, 1.54) is 37.7 Å². The van der Waals surface area contributed by atoms with Crippen molar-refractivity contribution in [3.05, 3.63) is 81.1 Å². The smallest absolute Gasteiger partial charge is 0.416 e. The number of nitroso groups, excluding NO2 is 1. The maximum absolute atomic E-state index is 13.0. The van der Waals surface area contributed by atoms with Gasteiger partial charge in [-0.3, -0.25) is 4.79 Å². The molecule has 0 spiro atoms. The van der Waals surface area contributed by atoms with E-state index in [9.17, 15) is 22.9 Å². The van der Waals surface area contributed by atoms with Gasteiger partial charge in [-0.05, 0) is 88.9 Å². The fourth-order valence-corrected chi connectivity index (χ4v) is 4.58. The van der Waals surface area contributed by atoms with Crippen LogP contribution in [0.15, 0.2) is 64.7 Å². The molecular weight excluding hydrogens is 515 g/mol. The van der Waals surface area contributed by atoms with Crippen molar-refractivity contribution in [3.63, 3.8) is 0 Å². The molecule has 0 N–H and O–H groups in total. The van der Waals surface area contributed by atoms with Gasteiger partial charge in [0.05, 0.1) is 5.56 Å². The Balaban J connectivity index is 2.28. The average Bonchev–Trinajstić information content (AvgIpc) is 2.85. The molecule has 0 saturated carbocycles. The highest BCUT2D eigenvalue weighted by Crippen LogP contribution is 2.40. The number of carbonyl (C=O) groups excluding carboxylic acids is 1. The molecule has 0 heterocycles. The van der Waals surface area contributed by atoms with Gasteiger partial charge in [0.2, 0.25) is 0 Å². The van der Waals surface area contributed by atoms with Crippen LogP contribution in [0.3, 0.4) is 0 Å². The van der Waals surface area contributed by atoms with Crippen molar-refractivity contribution >= 4 is 22.6 Å². The average molecular weight is 550 g/mol. The number of ether oxygens (including phenoxy) is 2. The molecule has 0 bridgehead atoms. The molecule has 0 radical (unpaired) electrons. The molecule has 2 aromatic rings. The number of carbonyl (C=O) groups is 1. The molecule has 9 heteroatoms. The number of thioether (sulfide) groups is 1. The fraction of sp³-hybridized carbons (Fsp3) is 0.414. The van der Waals surface area contributed by atoms with E-state index in [1.54, 1.807) is 25.1 Å². The molecule has 1 amide bonds. The number of unbranched alkanes of at least 4 members (excludes halogenated alkanes) is 1. The van der Waals surface area contributed by atoms with Gasteiger partial charge in [0.25, 0.3) is 0 Å². The minimum Gasteiger partial charge on any atom is -0.485 e. The Hall–Kier alpha value is -3.07. The molecule has 0 aliphatic rings. The van der Waals surface area contributed by atoms with E-state index in [4.69, 9.17) is 9.47 Å². The Morgan fingerprint density at radius 1 is 1.11 bits per heavy atom. The Labute approximate surface area is 226 Å². The number of benzene rings is 2. The molecule has 0 saturated heterocycles. The van der Waals surface area contributed by atoms with Crippen molar-refractivity contribution in [2.24, 2.45) is 5.18 Å². The summed E-state index contributed by atoms with van der Waals surface area (Å²) in [7, 11) is 0. The second-order valence-corrected chi connectivity index (χ2v) is 10.8. The molecule has 2 aromatic carbocycles. The standard InChI is InChI=1S/C29H34F3NO4S/c1-8-9-10-25(36-23-15-16-24(19(4)17-23)37-28(6,7)27(34)33-35)26(18(2)3)38-20(5)21-11-13-22(14-12-21)29(30,31)32/h11-17,25H,5,8-10H2,1-4,6-7H3. The number of amides is 1. The molecule has 38 heavy (non-hydrogen) atoms. The van der Waals surface area contributed by atoms with Crippen LogP contribution in [0.5, 0.6) is 11.5 Å². The van der Waals surface area contributed by atoms with Gasteiger partial charge in [-0.2, -0.15) is 13.2 Å². The lowest BCUT2D eigenvalue weighted by Crippen LogP contribution is -2.37. The largest absolute Gasteiger partial charge is 0.485 e. The van der Waals surface area contributed by atoms with Crippen LogP contribution >= 0.6 is 11.8 Å². The van der Waals surface area contributed by atoms with Crippen LogP contribution in [-0.4, -0.2) is 17.6 Å². The summed E-state index contributed by atoms with van der Waals surface area (Å²) in [5.74, 6) is 0.111. The molecule has 5 nitrogen and oxygen atoms in total. The van der Waals surface area contributed by atoms with Crippen LogP contribution in [0.4, 0.5) is 13.2 Å². The first-order valence-electron chi connectivity index (χ1n) is 12.3. The Morgan fingerprint density at radius 2 is 1.74 bits per heavy atom. The fourth-order valence-electron chi connectivity index (χ4n) is 3.56. The maximum atomic E-state index is 13.0. The summed E-state index contributed by atoms with van der Waals surface area (Å²) in [4.78, 5) is 24.0. The Bertz CT molecular complexity index is 1180. The number of rotatable bonds is 12. The predicted octanol–water partition coefficient (Wildman–Crippen LogP) is 9.10. The zero-order valence-electron chi connectivity index (χ0n) is 22.6. The summed E-state index contributed by atoms with van der Waals surface area (Å²) < 4.78 is 51.0. The minimum absolute atomic E-state index is 0.306. The summed E-state index contributed by atoms with van der Waals surface area (Å²) in [5, 5.41) is 2.46. The molecular formula is C29H34F3NO4S. The van der Waals surface area contributed by atoms with E-state index in [2.05, 4.69) is 18.7 Å². The molecule has 0 fully saturated rings. The van der Waals surface area contributed by atoms with Gasteiger partial charge >= 0.3 is 12.1 Å².